The van der Waals surface area contributed by atoms with Crippen molar-refractivity contribution < 1.29 is 39.6 Å². The Bertz CT molecular complexity index is 1730. The Balaban J connectivity index is 1.59. The minimum absolute atomic E-state index is 0.0333. The predicted molar refractivity (Wildman–Crippen MR) is 172 cm³/mol. The van der Waals surface area contributed by atoms with Gasteiger partial charge in [-0.15, -0.1) is 0 Å². The number of nitrogens with two attached hydrogens (primary N) is 1. The summed E-state index contributed by atoms with van der Waals surface area (Å²) in [6, 6.07) is 6.75. The molecule has 2 aromatic carbocycles. The Labute approximate surface area is 265 Å². The molecule has 0 aromatic heterocycles. The molecule has 0 saturated heterocycles. The molecule has 14 nitrogen and oxygen atoms in total. The van der Waals surface area contributed by atoms with E-state index in [-0.39, 0.29) is 29.7 Å². The second kappa shape index (κ2) is 11.4. The second-order valence-electron chi connectivity index (χ2n) is 12.5. The second-order valence-corrected chi connectivity index (χ2v) is 12.5. The summed E-state index contributed by atoms with van der Waals surface area (Å²) < 4.78 is 0. The molecule has 0 aliphatic heterocycles. The van der Waals surface area contributed by atoms with Gasteiger partial charge >= 0.3 is 6.03 Å². The molecule has 244 valence electrons. The molecule has 2 aromatic rings. The standard InChI is InChI=1S/C32H38N6O8/c1-36(2)16-9-7-15(8-10-16)34-31(45)35-19-13-20(37(3)4)17-11-14-12-18-24(38(5)6)27(41)23(30(33)44)29(43)32(18,46)28(42)21(14)26(40)22(17)25(19)39/h7-10,13-14,18,24,39-40,43,46H,11-12H2,1-6H3,(H2,33,44)(H2,34,35,45)/t14-,18-,24+,32-/m0/s1. The number of phenolic OH excluding ortho intramolecular Hbond substituents is 1. The highest BCUT2D eigenvalue weighted by atomic mass is 16.3. The molecule has 3 amide bonds. The third-order valence-electron chi connectivity index (χ3n) is 9.07. The number of benzene rings is 2. The molecule has 1 fully saturated rings. The SMILES string of the molecule is CN(C)c1ccc(NC(=O)Nc2cc(N(C)C)c3c(c2O)C(O)=C2C(=O)[C@]4(O)C(O)=C(C(N)=O)C(=O)[C@H](N(C)C)[C@@H]4C[C@@H]2C3)cc1. The highest BCUT2D eigenvalue weighted by Crippen LogP contribution is 2.54. The summed E-state index contributed by atoms with van der Waals surface area (Å²) in [6.07, 6.45) is 0.0781. The van der Waals surface area contributed by atoms with Crippen molar-refractivity contribution in [3.63, 3.8) is 0 Å². The Morgan fingerprint density at radius 2 is 1.59 bits per heavy atom. The summed E-state index contributed by atoms with van der Waals surface area (Å²) >= 11 is 0. The number of aliphatic hydroxyl groups excluding tert-OH is 2. The maximum absolute atomic E-state index is 14.1. The number of primary amides is 1. The summed E-state index contributed by atoms with van der Waals surface area (Å²) in [6.45, 7) is 0. The van der Waals surface area contributed by atoms with Gasteiger partial charge in [0.2, 0.25) is 5.78 Å². The number of carbonyl (C=O) groups is 4. The molecule has 8 N–H and O–H groups in total. The molecule has 0 spiro atoms. The van der Waals surface area contributed by atoms with Crippen LogP contribution < -0.4 is 26.2 Å². The first-order valence-electron chi connectivity index (χ1n) is 14.6. The molecule has 0 unspecified atom stereocenters. The van der Waals surface area contributed by atoms with Crippen LogP contribution in [-0.2, 0) is 20.8 Å². The van der Waals surface area contributed by atoms with Crippen molar-refractivity contribution in [1.29, 1.82) is 0 Å². The van der Waals surface area contributed by atoms with Crippen LogP contribution in [0.15, 0.2) is 47.2 Å². The number of aromatic hydroxyl groups is 1. The van der Waals surface area contributed by atoms with E-state index in [4.69, 9.17) is 5.73 Å². The molecule has 0 heterocycles. The van der Waals surface area contributed by atoms with Gasteiger partial charge in [-0.25, -0.2) is 4.79 Å². The Hall–Kier alpha value is -5.08. The van der Waals surface area contributed by atoms with Gasteiger partial charge in [-0.1, -0.05) is 0 Å². The lowest BCUT2D eigenvalue weighted by Gasteiger charge is -2.50. The van der Waals surface area contributed by atoms with Crippen LogP contribution in [0.25, 0.3) is 5.76 Å². The third-order valence-corrected chi connectivity index (χ3v) is 9.07. The smallest absolute Gasteiger partial charge is 0.323 e. The van der Waals surface area contributed by atoms with Crippen LogP contribution in [-0.4, -0.2) is 103 Å². The molecule has 46 heavy (non-hydrogen) atoms. The van der Waals surface area contributed by atoms with E-state index in [1.807, 2.05) is 31.1 Å². The van der Waals surface area contributed by atoms with Crippen LogP contribution in [0.4, 0.5) is 27.5 Å². The van der Waals surface area contributed by atoms with Crippen LogP contribution in [0, 0.1) is 11.8 Å². The molecule has 0 bridgehead atoms. The van der Waals surface area contributed by atoms with Crippen LogP contribution in [0.1, 0.15) is 17.5 Å². The van der Waals surface area contributed by atoms with Crippen LogP contribution >= 0.6 is 0 Å². The number of Topliss-reactive ketones (excluding diaryl/α,β-unsaturated/α-hetero) is 2. The summed E-state index contributed by atoms with van der Waals surface area (Å²) in [7, 11) is 10.3. The van der Waals surface area contributed by atoms with Gasteiger partial charge in [0.15, 0.2) is 17.1 Å². The van der Waals surface area contributed by atoms with E-state index in [1.165, 1.54) is 4.90 Å². The summed E-state index contributed by atoms with van der Waals surface area (Å²) in [5.41, 5.74) is 3.69. The number of nitrogens with one attached hydrogen (secondary N) is 2. The van der Waals surface area contributed by atoms with Crippen molar-refractivity contribution in [2.24, 2.45) is 17.6 Å². The van der Waals surface area contributed by atoms with Gasteiger partial charge in [0.05, 0.1) is 17.3 Å². The Kier molecular flexibility index (Phi) is 7.99. The average molecular weight is 635 g/mol. The summed E-state index contributed by atoms with van der Waals surface area (Å²) in [5.74, 6) is -7.48. The Morgan fingerprint density at radius 1 is 0.957 bits per heavy atom. The van der Waals surface area contributed by atoms with Crippen molar-refractivity contribution in [3.05, 3.63) is 58.4 Å². The lowest BCUT2D eigenvalue weighted by Crippen LogP contribution is -2.65. The number of phenols is 1. The molecular weight excluding hydrogens is 596 g/mol. The van der Waals surface area contributed by atoms with Gasteiger partial charge in [-0.2, -0.15) is 0 Å². The number of fused-ring (bicyclic) bond motifs is 3. The molecule has 14 heteroatoms. The zero-order chi connectivity index (χ0) is 34.0. The van der Waals surface area contributed by atoms with Crippen molar-refractivity contribution in [1.82, 2.24) is 4.90 Å². The van der Waals surface area contributed by atoms with Gasteiger partial charge in [0.25, 0.3) is 5.91 Å². The van der Waals surface area contributed by atoms with Crippen molar-refractivity contribution in [2.75, 3.05) is 62.7 Å². The van der Waals surface area contributed by atoms with Crippen LogP contribution in [0.5, 0.6) is 5.75 Å². The maximum atomic E-state index is 14.1. The average Bonchev–Trinajstić information content (AvgIpc) is 2.96. The highest BCUT2D eigenvalue weighted by Gasteiger charge is 2.64. The molecule has 3 aliphatic carbocycles. The number of hydrogen-bond acceptors (Lipinski definition) is 11. The first kappa shape index (κ1) is 32.3. The van der Waals surface area contributed by atoms with Gasteiger partial charge < -0.3 is 46.6 Å². The molecule has 5 rings (SSSR count). The largest absolute Gasteiger partial charge is 0.508 e. The Morgan fingerprint density at radius 3 is 2.13 bits per heavy atom. The van der Waals surface area contributed by atoms with E-state index >= 15 is 0 Å². The van der Waals surface area contributed by atoms with E-state index in [2.05, 4.69) is 10.6 Å². The zero-order valence-corrected chi connectivity index (χ0v) is 26.4. The maximum Gasteiger partial charge on any atom is 0.323 e. The fraction of sp³-hybridized carbons (Fsp3) is 0.375. The van der Waals surface area contributed by atoms with E-state index in [0.717, 1.165) is 5.69 Å². The van der Waals surface area contributed by atoms with Crippen molar-refractivity contribution >= 4 is 52.0 Å². The van der Waals surface area contributed by atoms with Crippen molar-refractivity contribution in [2.45, 2.75) is 24.5 Å². The van der Waals surface area contributed by atoms with Gasteiger partial charge in [-0.05, 0) is 68.8 Å². The van der Waals surface area contributed by atoms with Gasteiger partial charge in [0.1, 0.15) is 17.1 Å². The number of nitrogens with zero attached hydrogens (tertiary/aromatic N) is 3. The number of carbonyl (C=O) groups excluding carboxylic acids is 4. The highest BCUT2D eigenvalue weighted by molar-refractivity contribution is 6.24. The third kappa shape index (κ3) is 4.90. The number of aliphatic hydroxyl groups is 3. The van der Waals surface area contributed by atoms with E-state index in [0.29, 0.717) is 16.9 Å². The first-order chi connectivity index (χ1) is 21.5. The molecule has 0 radical (unpaired) electrons. The molecule has 4 atom stereocenters. The van der Waals surface area contributed by atoms with E-state index in [9.17, 15) is 39.6 Å². The minimum atomic E-state index is -2.75. The molecule has 3 aliphatic rings. The van der Waals surface area contributed by atoms with Crippen LogP contribution in [0.2, 0.25) is 0 Å². The fourth-order valence-electron chi connectivity index (χ4n) is 6.91. The fourth-order valence-corrected chi connectivity index (χ4v) is 6.91. The number of hydrogen-bond donors (Lipinski definition) is 7. The minimum Gasteiger partial charge on any atom is -0.508 e. The van der Waals surface area contributed by atoms with Crippen LogP contribution in [0.3, 0.4) is 0 Å². The number of urea groups is 1. The summed E-state index contributed by atoms with van der Waals surface area (Å²) in [5, 5.41) is 51.2. The number of anilines is 4. The summed E-state index contributed by atoms with van der Waals surface area (Å²) in [4.78, 5) is 57.7. The zero-order valence-electron chi connectivity index (χ0n) is 26.4. The van der Waals surface area contributed by atoms with E-state index < -0.39 is 69.8 Å². The normalized spacial score (nSPS) is 23.9. The van der Waals surface area contributed by atoms with Gasteiger partial charge in [-0.3, -0.25) is 19.3 Å². The first-order valence-corrected chi connectivity index (χ1v) is 14.6. The monoisotopic (exact) mass is 634 g/mol. The number of ketones is 2. The molecule has 1 saturated carbocycles. The van der Waals surface area contributed by atoms with E-state index in [1.54, 1.807) is 51.3 Å². The van der Waals surface area contributed by atoms with Crippen molar-refractivity contribution in [3.8, 4) is 5.75 Å². The quantitative estimate of drug-likeness (QED) is 0.180. The lowest BCUT2D eigenvalue weighted by molar-refractivity contribution is -0.153. The lowest BCUT2D eigenvalue weighted by atomic mass is 9.57. The predicted octanol–water partition coefficient (Wildman–Crippen LogP) is 1.74. The number of rotatable bonds is 6. The topological polar surface area (TPSA) is 209 Å². The molecular formula is C32H38N6O8. The number of amides is 3. The van der Waals surface area contributed by atoms with Gasteiger partial charge in [0, 0.05) is 56.7 Å². The number of likely N-dealkylation sites (N-methyl/N-ethyl adjacent to an activating group) is 1.